The number of carbonyl (C=O) groups is 3. The Morgan fingerprint density at radius 2 is 1.51 bits per heavy atom. The van der Waals surface area contributed by atoms with Gasteiger partial charge in [0.15, 0.2) is 0 Å². The SMILES string of the molecule is CC.CN1CC(=O)NCC(=O)NCCCC2CCCCC2OCCNC(C2CC2)C1=O.Cc1ccc(F)cc1. The van der Waals surface area contributed by atoms with E-state index in [1.165, 1.54) is 36.3 Å². The number of benzene rings is 1. The Morgan fingerprint density at radius 3 is 2.18 bits per heavy atom. The maximum absolute atomic E-state index is 12.8. The van der Waals surface area contributed by atoms with Gasteiger partial charge in [-0.05, 0) is 69.4 Å². The minimum absolute atomic E-state index is 0.0444. The monoisotopic (exact) mass is 548 g/mol. The predicted molar refractivity (Wildman–Crippen MR) is 152 cm³/mol. The van der Waals surface area contributed by atoms with E-state index in [4.69, 9.17) is 4.74 Å². The first kappa shape index (κ1) is 32.7. The molecule has 2 aliphatic carbocycles. The highest BCUT2D eigenvalue weighted by Gasteiger charge is 2.37. The van der Waals surface area contributed by atoms with Crippen LogP contribution in [0.1, 0.15) is 70.8 Å². The van der Waals surface area contributed by atoms with Crippen molar-refractivity contribution in [3.63, 3.8) is 0 Å². The summed E-state index contributed by atoms with van der Waals surface area (Å²) < 4.78 is 18.3. The molecule has 3 fully saturated rings. The molecule has 3 amide bonds. The minimum atomic E-state index is -0.319. The predicted octanol–water partition coefficient (Wildman–Crippen LogP) is 3.57. The van der Waals surface area contributed by atoms with Crippen molar-refractivity contribution < 1.29 is 23.5 Å². The highest BCUT2D eigenvalue weighted by Crippen LogP contribution is 2.33. The van der Waals surface area contributed by atoms with Crippen molar-refractivity contribution in [3.8, 4) is 0 Å². The zero-order valence-electron chi connectivity index (χ0n) is 24.3. The average Bonchev–Trinajstić information content (AvgIpc) is 3.78. The molecule has 1 heterocycles. The molecule has 4 rings (SSSR count). The van der Waals surface area contributed by atoms with Crippen LogP contribution in [-0.2, 0) is 19.1 Å². The van der Waals surface area contributed by atoms with Gasteiger partial charge < -0.3 is 25.6 Å². The third kappa shape index (κ3) is 12.5. The van der Waals surface area contributed by atoms with Crippen LogP contribution in [0.15, 0.2) is 24.3 Å². The Labute approximate surface area is 233 Å². The van der Waals surface area contributed by atoms with Crippen molar-refractivity contribution in [1.82, 2.24) is 20.9 Å². The standard InChI is InChI=1S/C21H36N4O4.C7H7F.C2H6/c1-25-14-19(27)24-13-18(26)22-10-4-6-15-5-2-3-7-17(15)29-12-11-23-20(21(25)28)16-8-9-16;1-6-2-4-7(8)5-3-6;1-2/h15-17,20,23H,2-14H2,1H3,(H,22,26)(H,24,27);2-5H,1H3;1-2H3. The van der Waals surface area contributed by atoms with E-state index in [0.29, 0.717) is 31.5 Å². The lowest BCUT2D eigenvalue weighted by Gasteiger charge is -2.32. The lowest BCUT2D eigenvalue weighted by molar-refractivity contribution is -0.137. The smallest absolute Gasteiger partial charge is 0.240 e. The van der Waals surface area contributed by atoms with E-state index in [1.54, 1.807) is 19.2 Å². The van der Waals surface area contributed by atoms with Gasteiger partial charge in [-0.2, -0.15) is 0 Å². The Bertz CT molecular complexity index is 857. The molecule has 2 saturated carbocycles. The summed E-state index contributed by atoms with van der Waals surface area (Å²) in [7, 11) is 1.64. The van der Waals surface area contributed by atoms with Gasteiger partial charge in [0.2, 0.25) is 17.7 Å². The van der Waals surface area contributed by atoms with Gasteiger partial charge in [0, 0.05) is 20.1 Å². The number of hydrogen-bond acceptors (Lipinski definition) is 5. The van der Waals surface area contributed by atoms with Gasteiger partial charge in [0.1, 0.15) is 5.82 Å². The first-order chi connectivity index (χ1) is 18.8. The summed E-state index contributed by atoms with van der Waals surface area (Å²) in [6, 6.07) is 6.13. The lowest BCUT2D eigenvalue weighted by Crippen LogP contribution is -2.50. The summed E-state index contributed by atoms with van der Waals surface area (Å²) >= 11 is 0. The average molecular weight is 549 g/mol. The number of amides is 3. The molecule has 0 radical (unpaired) electrons. The van der Waals surface area contributed by atoms with E-state index in [1.807, 2.05) is 20.8 Å². The third-order valence-corrected chi connectivity index (χ3v) is 7.28. The summed E-state index contributed by atoms with van der Waals surface area (Å²) in [6.07, 6.45) is 9.03. The molecule has 0 bridgehead atoms. The van der Waals surface area contributed by atoms with Gasteiger partial charge in [0.05, 0.1) is 31.8 Å². The van der Waals surface area contributed by atoms with Gasteiger partial charge in [0.25, 0.3) is 0 Å². The fraction of sp³-hybridized carbons (Fsp3) is 0.700. The van der Waals surface area contributed by atoms with Crippen molar-refractivity contribution in [2.24, 2.45) is 11.8 Å². The van der Waals surface area contributed by atoms with Crippen LogP contribution in [0.5, 0.6) is 0 Å². The van der Waals surface area contributed by atoms with Gasteiger partial charge in [-0.1, -0.05) is 44.4 Å². The molecule has 1 aromatic carbocycles. The number of nitrogens with zero attached hydrogens (tertiary/aromatic N) is 1. The number of nitrogens with one attached hydrogen (secondary N) is 3. The van der Waals surface area contributed by atoms with E-state index >= 15 is 0 Å². The van der Waals surface area contributed by atoms with E-state index < -0.39 is 0 Å². The van der Waals surface area contributed by atoms with Crippen LogP contribution in [0.3, 0.4) is 0 Å². The molecular weight excluding hydrogens is 499 g/mol. The molecule has 1 aliphatic heterocycles. The van der Waals surface area contributed by atoms with E-state index in [9.17, 15) is 18.8 Å². The van der Waals surface area contributed by atoms with Crippen LogP contribution < -0.4 is 16.0 Å². The van der Waals surface area contributed by atoms with Crippen LogP contribution in [0.4, 0.5) is 4.39 Å². The minimum Gasteiger partial charge on any atom is -0.377 e. The highest BCUT2D eigenvalue weighted by molar-refractivity contribution is 5.89. The molecule has 3 atom stereocenters. The summed E-state index contributed by atoms with van der Waals surface area (Å²) in [4.78, 5) is 38.3. The summed E-state index contributed by atoms with van der Waals surface area (Å²) in [6.45, 7) is 7.68. The molecule has 9 heteroatoms. The maximum Gasteiger partial charge on any atom is 0.240 e. The van der Waals surface area contributed by atoms with Gasteiger partial charge >= 0.3 is 0 Å². The van der Waals surface area contributed by atoms with Gasteiger partial charge in [-0.15, -0.1) is 0 Å². The number of halogens is 1. The largest absolute Gasteiger partial charge is 0.377 e. The number of ether oxygens (including phenoxy) is 1. The van der Waals surface area contributed by atoms with Crippen molar-refractivity contribution >= 4 is 17.7 Å². The third-order valence-electron chi connectivity index (χ3n) is 7.28. The van der Waals surface area contributed by atoms with Crippen molar-refractivity contribution in [3.05, 3.63) is 35.6 Å². The van der Waals surface area contributed by atoms with Gasteiger partial charge in [-0.25, -0.2) is 4.39 Å². The topological polar surface area (TPSA) is 99.8 Å². The van der Waals surface area contributed by atoms with Crippen molar-refractivity contribution in [2.75, 3.05) is 39.8 Å². The molecular formula is C30H49FN4O4. The molecule has 1 aromatic rings. The zero-order valence-corrected chi connectivity index (χ0v) is 24.3. The number of hydrogen-bond donors (Lipinski definition) is 3. The molecule has 0 aromatic heterocycles. The number of aryl methyl sites for hydroxylation is 1. The van der Waals surface area contributed by atoms with E-state index in [2.05, 4.69) is 16.0 Å². The fourth-order valence-electron chi connectivity index (χ4n) is 4.99. The molecule has 8 nitrogen and oxygen atoms in total. The Kier molecular flexibility index (Phi) is 15.0. The zero-order chi connectivity index (χ0) is 28.6. The molecule has 1 saturated heterocycles. The van der Waals surface area contributed by atoms with Crippen LogP contribution in [-0.4, -0.2) is 74.6 Å². The van der Waals surface area contributed by atoms with Gasteiger partial charge in [-0.3, -0.25) is 14.4 Å². The second-order valence-electron chi connectivity index (χ2n) is 10.5. The Morgan fingerprint density at radius 1 is 0.846 bits per heavy atom. The fourth-order valence-corrected chi connectivity index (χ4v) is 4.99. The van der Waals surface area contributed by atoms with Crippen LogP contribution in [0, 0.1) is 24.6 Å². The molecule has 39 heavy (non-hydrogen) atoms. The van der Waals surface area contributed by atoms with Crippen molar-refractivity contribution in [2.45, 2.75) is 84.3 Å². The van der Waals surface area contributed by atoms with E-state index in [-0.39, 0.29) is 48.8 Å². The quantitative estimate of drug-likeness (QED) is 0.498. The van der Waals surface area contributed by atoms with Crippen molar-refractivity contribution in [1.29, 1.82) is 0 Å². The first-order valence-electron chi connectivity index (χ1n) is 14.7. The van der Waals surface area contributed by atoms with Crippen LogP contribution in [0.2, 0.25) is 0 Å². The number of likely N-dealkylation sites (N-methyl/N-ethyl adjacent to an activating group) is 1. The normalized spacial score (nSPS) is 25.7. The Balaban J connectivity index is 0.000000451. The highest BCUT2D eigenvalue weighted by atomic mass is 19.1. The molecule has 220 valence electrons. The second kappa shape index (κ2) is 17.9. The number of fused-ring (bicyclic) bond motifs is 1. The van der Waals surface area contributed by atoms with Crippen LogP contribution >= 0.6 is 0 Å². The number of carbonyl (C=O) groups excluding carboxylic acids is 3. The lowest BCUT2D eigenvalue weighted by atomic mass is 9.83. The maximum atomic E-state index is 12.8. The summed E-state index contributed by atoms with van der Waals surface area (Å²) in [5, 5.41) is 8.85. The second-order valence-corrected chi connectivity index (χ2v) is 10.5. The Hall–Kier alpha value is -2.52. The van der Waals surface area contributed by atoms with E-state index in [0.717, 1.165) is 37.7 Å². The molecule has 3 aliphatic rings. The number of rotatable bonds is 1. The molecule has 3 N–H and O–H groups in total. The first-order valence-corrected chi connectivity index (χ1v) is 14.7. The van der Waals surface area contributed by atoms with Crippen LogP contribution in [0.25, 0.3) is 0 Å². The molecule has 0 spiro atoms. The molecule has 3 unspecified atom stereocenters. The summed E-state index contributed by atoms with van der Waals surface area (Å²) in [5.74, 6) is 0.125. The summed E-state index contributed by atoms with van der Waals surface area (Å²) in [5.41, 5.74) is 1.09.